The second kappa shape index (κ2) is 17.4. The molecule has 0 aromatic heterocycles. The van der Waals surface area contributed by atoms with Crippen LogP contribution in [0.25, 0.3) is 0 Å². The van der Waals surface area contributed by atoms with E-state index in [0.29, 0.717) is 0 Å². The van der Waals surface area contributed by atoms with Crippen LogP contribution >= 0.6 is 0 Å². The fraction of sp³-hybridized carbons (Fsp3) is 0.929. The van der Waals surface area contributed by atoms with E-state index in [4.69, 9.17) is 33.2 Å². The molecule has 13 N–H and O–H groups in total. The summed E-state index contributed by atoms with van der Waals surface area (Å²) in [7, 11) is 0. The summed E-state index contributed by atoms with van der Waals surface area (Å²) < 4.78 is 40.0. The average Bonchev–Trinajstić information content (AvgIpc) is 3.07. The van der Waals surface area contributed by atoms with E-state index in [0.717, 1.165) is 13.8 Å². The van der Waals surface area contributed by atoms with E-state index in [1.165, 1.54) is 6.92 Å². The SMILES string of the molecule is CC(=O)N[C@@H]1[C@@H](O[C@@H]2O[C@@H](C)[C@@H](O)[C@@H](O)[C@@H]2O)[C@H](O[C@@H]2O[C@H](CO)[C@@H](O[C@H]3O[C@H](CO)[C@@H](O)[C@H](O)[C@@H]3O)[C@H](O)[C@H]2NC(C)=O)[C@@H](CO)O[C@@H]1O. The predicted molar refractivity (Wildman–Crippen MR) is 156 cm³/mol. The minimum Gasteiger partial charge on any atom is -0.394 e. The number of nitrogens with one attached hydrogen (secondary N) is 2. The summed E-state index contributed by atoms with van der Waals surface area (Å²) in [4.78, 5) is 24.5. The first-order valence-electron chi connectivity index (χ1n) is 15.9. The summed E-state index contributed by atoms with van der Waals surface area (Å²) in [6.45, 7) is 0.985. The molecule has 290 valence electrons. The molecule has 22 heteroatoms. The normalized spacial score (nSPS) is 48.5. The van der Waals surface area contributed by atoms with Crippen LogP contribution < -0.4 is 10.6 Å². The van der Waals surface area contributed by atoms with Gasteiger partial charge in [0.05, 0.1) is 25.9 Å². The maximum Gasteiger partial charge on any atom is 0.217 e. The molecule has 4 heterocycles. The molecule has 4 fully saturated rings. The lowest BCUT2D eigenvalue weighted by atomic mass is 9.93. The topological polar surface area (TPSA) is 345 Å². The van der Waals surface area contributed by atoms with Crippen molar-refractivity contribution in [3.05, 3.63) is 0 Å². The van der Waals surface area contributed by atoms with Gasteiger partial charge in [0.2, 0.25) is 11.8 Å². The zero-order valence-electron chi connectivity index (χ0n) is 27.3. The second-order valence-electron chi connectivity index (χ2n) is 12.6. The highest BCUT2D eigenvalue weighted by Gasteiger charge is 2.56. The summed E-state index contributed by atoms with van der Waals surface area (Å²) in [5.74, 6) is -1.44. The van der Waals surface area contributed by atoms with Crippen molar-refractivity contribution in [3.63, 3.8) is 0 Å². The molecule has 4 aliphatic rings. The van der Waals surface area contributed by atoms with Gasteiger partial charge in [-0.1, -0.05) is 0 Å². The number of rotatable bonds is 11. The molecule has 0 radical (unpaired) electrons. The van der Waals surface area contributed by atoms with Gasteiger partial charge >= 0.3 is 0 Å². The third kappa shape index (κ3) is 8.70. The number of hydrogen-bond donors (Lipinski definition) is 13. The Labute approximate surface area is 285 Å². The molecule has 50 heavy (non-hydrogen) atoms. The zero-order valence-corrected chi connectivity index (χ0v) is 27.3. The molecule has 2 amide bonds. The smallest absolute Gasteiger partial charge is 0.217 e. The average molecular weight is 733 g/mol. The largest absolute Gasteiger partial charge is 0.394 e. The highest BCUT2D eigenvalue weighted by Crippen LogP contribution is 2.34. The van der Waals surface area contributed by atoms with Crippen LogP contribution in [0.2, 0.25) is 0 Å². The van der Waals surface area contributed by atoms with Crippen LogP contribution in [-0.4, -0.2) is 211 Å². The van der Waals surface area contributed by atoms with Gasteiger partial charge < -0.3 is 100.0 Å². The van der Waals surface area contributed by atoms with Crippen molar-refractivity contribution in [2.24, 2.45) is 0 Å². The monoisotopic (exact) mass is 732 g/mol. The van der Waals surface area contributed by atoms with Crippen molar-refractivity contribution in [2.75, 3.05) is 19.8 Å². The van der Waals surface area contributed by atoms with Gasteiger partial charge in [0.25, 0.3) is 0 Å². The molecule has 22 nitrogen and oxygen atoms in total. The molecular weight excluding hydrogens is 684 g/mol. The predicted octanol–water partition coefficient (Wildman–Crippen LogP) is -8.43. The Morgan fingerprint density at radius 2 is 0.980 bits per heavy atom. The quantitative estimate of drug-likeness (QED) is 0.0938. The number of aliphatic hydroxyl groups excluding tert-OH is 11. The lowest BCUT2D eigenvalue weighted by Crippen LogP contribution is -2.71. The van der Waals surface area contributed by atoms with E-state index in [1.54, 1.807) is 0 Å². The lowest BCUT2D eigenvalue weighted by Gasteiger charge is -2.50. The maximum atomic E-state index is 12.3. The number of aliphatic hydroxyl groups is 11. The molecule has 4 rings (SSSR count). The standard InChI is InChI=1S/C28H48N2O20/c1-7-15(36)18(39)20(41)27(44-7)50-24-14(30-9(3)35)25(43)45-12(6-33)23(24)49-26-13(29-8(2)34)17(38)22(11(5-32)47-26)48-28-21(42)19(40)16(37)10(4-31)46-28/h7,10-28,31-33,36-43H,4-6H2,1-3H3,(H,29,34)(H,30,35)/t7-,10+,11+,12+,13+,14+,15+,16+,17+,18+,19-,20-,21-,22+,23+,24+,25-,26-,27-,28+/m0/s1. The number of carbonyl (C=O) groups excluding carboxylic acids is 2. The van der Waals surface area contributed by atoms with Crippen LogP contribution in [0.3, 0.4) is 0 Å². The third-order valence-electron chi connectivity index (χ3n) is 8.97. The van der Waals surface area contributed by atoms with Gasteiger partial charge in [0.1, 0.15) is 91.4 Å². The van der Waals surface area contributed by atoms with Crippen LogP contribution in [0.1, 0.15) is 20.8 Å². The Bertz CT molecular complexity index is 1120. The van der Waals surface area contributed by atoms with Crippen LogP contribution in [0.4, 0.5) is 0 Å². The molecule has 0 bridgehead atoms. The van der Waals surface area contributed by atoms with Crippen molar-refractivity contribution in [1.29, 1.82) is 0 Å². The summed E-state index contributed by atoms with van der Waals surface area (Å²) >= 11 is 0. The fourth-order valence-electron chi connectivity index (χ4n) is 6.29. The molecule has 4 aliphatic heterocycles. The second-order valence-corrected chi connectivity index (χ2v) is 12.6. The van der Waals surface area contributed by atoms with E-state index in [2.05, 4.69) is 10.6 Å². The van der Waals surface area contributed by atoms with E-state index in [1.807, 2.05) is 0 Å². The minimum absolute atomic E-state index is 0.699. The summed E-state index contributed by atoms with van der Waals surface area (Å²) in [5.41, 5.74) is 0. The van der Waals surface area contributed by atoms with Gasteiger partial charge in [-0.2, -0.15) is 0 Å². The number of hydrogen-bond acceptors (Lipinski definition) is 20. The van der Waals surface area contributed by atoms with Crippen molar-refractivity contribution in [1.82, 2.24) is 10.6 Å². The van der Waals surface area contributed by atoms with Gasteiger partial charge in [-0.25, -0.2) is 0 Å². The van der Waals surface area contributed by atoms with Crippen LogP contribution in [0.15, 0.2) is 0 Å². The molecule has 0 saturated carbocycles. The van der Waals surface area contributed by atoms with Crippen molar-refractivity contribution < 1.29 is 98.9 Å². The molecular formula is C28H48N2O20. The van der Waals surface area contributed by atoms with E-state index in [9.17, 15) is 65.8 Å². The first-order chi connectivity index (χ1) is 23.5. The van der Waals surface area contributed by atoms with Crippen LogP contribution in [0.5, 0.6) is 0 Å². The van der Waals surface area contributed by atoms with Crippen LogP contribution in [0, 0.1) is 0 Å². The van der Waals surface area contributed by atoms with Gasteiger partial charge in [-0.3, -0.25) is 9.59 Å². The summed E-state index contributed by atoms with van der Waals surface area (Å²) in [6.07, 6.45) is -30.0. The van der Waals surface area contributed by atoms with E-state index >= 15 is 0 Å². The minimum atomic E-state index is -1.91. The summed E-state index contributed by atoms with van der Waals surface area (Å²) in [6, 6.07) is -3.11. The van der Waals surface area contributed by atoms with Crippen molar-refractivity contribution in [3.8, 4) is 0 Å². The first kappa shape index (κ1) is 41.0. The molecule has 0 aromatic carbocycles. The Hall–Kier alpha value is -1.78. The number of ether oxygens (including phenoxy) is 7. The maximum absolute atomic E-state index is 12.3. The Balaban J connectivity index is 1.66. The number of amides is 2. The van der Waals surface area contributed by atoms with E-state index < -0.39 is 154 Å². The molecule has 0 aromatic rings. The Kier molecular flexibility index (Phi) is 14.2. The molecule has 20 atom stereocenters. The van der Waals surface area contributed by atoms with Gasteiger partial charge in [-0.15, -0.1) is 0 Å². The molecule has 0 aliphatic carbocycles. The first-order valence-corrected chi connectivity index (χ1v) is 15.9. The summed E-state index contributed by atoms with van der Waals surface area (Å²) in [5, 5.41) is 119. The molecule has 0 spiro atoms. The molecule has 0 unspecified atom stereocenters. The number of carbonyl (C=O) groups is 2. The Morgan fingerprint density at radius 1 is 0.520 bits per heavy atom. The van der Waals surface area contributed by atoms with Crippen LogP contribution in [-0.2, 0) is 42.7 Å². The van der Waals surface area contributed by atoms with E-state index in [-0.39, 0.29) is 0 Å². The molecule has 4 saturated heterocycles. The van der Waals surface area contributed by atoms with Gasteiger partial charge in [-0.05, 0) is 6.92 Å². The lowest BCUT2D eigenvalue weighted by molar-refractivity contribution is -0.373. The fourth-order valence-corrected chi connectivity index (χ4v) is 6.29. The van der Waals surface area contributed by atoms with Crippen molar-refractivity contribution >= 4 is 11.8 Å². The zero-order chi connectivity index (χ0) is 37.2. The highest BCUT2D eigenvalue weighted by atomic mass is 16.8. The van der Waals surface area contributed by atoms with Gasteiger partial charge in [0.15, 0.2) is 25.2 Å². The third-order valence-corrected chi connectivity index (χ3v) is 8.97. The van der Waals surface area contributed by atoms with Gasteiger partial charge in [0, 0.05) is 13.8 Å². The Morgan fingerprint density at radius 3 is 1.54 bits per heavy atom. The van der Waals surface area contributed by atoms with Crippen molar-refractivity contribution in [2.45, 2.75) is 143 Å². The highest BCUT2D eigenvalue weighted by molar-refractivity contribution is 5.73.